The minimum atomic E-state index is -0.241. The Morgan fingerprint density at radius 2 is 1.95 bits per heavy atom. The maximum atomic E-state index is 12.5. The van der Waals surface area contributed by atoms with Gasteiger partial charge in [0.1, 0.15) is 0 Å². The average Bonchev–Trinajstić information content (AvgIpc) is 2.35. The van der Waals surface area contributed by atoms with Gasteiger partial charge in [-0.15, -0.1) is 0 Å². The van der Waals surface area contributed by atoms with E-state index in [1.54, 1.807) is 0 Å². The molecule has 0 radical (unpaired) electrons. The Labute approximate surface area is 114 Å². The van der Waals surface area contributed by atoms with Crippen molar-refractivity contribution in [3.8, 4) is 0 Å². The summed E-state index contributed by atoms with van der Waals surface area (Å²) in [7, 11) is 0. The van der Waals surface area contributed by atoms with E-state index >= 15 is 0 Å². The van der Waals surface area contributed by atoms with E-state index in [-0.39, 0.29) is 11.1 Å². The highest BCUT2D eigenvalue weighted by Crippen LogP contribution is 2.15. The molecule has 0 unspecified atom stereocenters. The molecule has 1 heterocycles. The minimum Gasteiger partial charge on any atom is -0.326 e. The topological polar surface area (TPSA) is 48.0 Å². The average molecular weight is 258 g/mol. The Morgan fingerprint density at radius 3 is 2.58 bits per heavy atom. The van der Waals surface area contributed by atoms with E-state index in [2.05, 4.69) is 6.07 Å². The van der Waals surface area contributed by atoms with Gasteiger partial charge in [0.15, 0.2) is 0 Å². The van der Waals surface area contributed by atoms with Crippen molar-refractivity contribution in [1.82, 2.24) is 4.57 Å². The molecular formula is C16H22N2O. The zero-order chi connectivity index (χ0) is 14.0. The summed E-state index contributed by atoms with van der Waals surface area (Å²) < 4.78 is 1.84. The molecule has 0 atom stereocenters. The van der Waals surface area contributed by atoms with E-state index in [1.165, 1.54) is 0 Å². The Morgan fingerprint density at radius 1 is 1.26 bits per heavy atom. The van der Waals surface area contributed by atoms with Crippen LogP contribution in [-0.2, 0) is 13.0 Å². The van der Waals surface area contributed by atoms with Gasteiger partial charge in [-0.3, -0.25) is 4.79 Å². The van der Waals surface area contributed by atoms with Crippen LogP contribution in [0.4, 0.5) is 0 Å². The lowest BCUT2D eigenvalue weighted by Gasteiger charge is -2.18. The van der Waals surface area contributed by atoms with Crippen molar-refractivity contribution >= 4 is 10.9 Å². The van der Waals surface area contributed by atoms with Crippen molar-refractivity contribution in [1.29, 1.82) is 0 Å². The largest absolute Gasteiger partial charge is 0.326 e. The Balaban J connectivity index is 2.50. The summed E-state index contributed by atoms with van der Waals surface area (Å²) in [6.45, 7) is 6.68. The number of aromatic nitrogens is 1. The molecule has 19 heavy (non-hydrogen) atoms. The predicted octanol–water partition coefficient (Wildman–Crippen LogP) is 2.69. The number of pyridine rings is 1. The zero-order valence-electron chi connectivity index (χ0n) is 11.9. The molecule has 0 aliphatic heterocycles. The molecule has 0 saturated heterocycles. The molecule has 2 N–H and O–H groups in total. The normalized spacial score (nSPS) is 12.0. The van der Waals surface area contributed by atoms with Crippen LogP contribution in [0.5, 0.6) is 0 Å². The third-order valence-electron chi connectivity index (χ3n) is 3.43. The minimum absolute atomic E-state index is 0.116. The van der Waals surface area contributed by atoms with Crippen LogP contribution in [0.25, 0.3) is 10.9 Å². The third-order valence-corrected chi connectivity index (χ3v) is 3.43. The first-order valence-electron chi connectivity index (χ1n) is 6.83. The number of nitrogens with zero attached hydrogens (tertiary/aromatic N) is 1. The first-order valence-corrected chi connectivity index (χ1v) is 6.83. The van der Waals surface area contributed by atoms with Crippen LogP contribution in [0, 0.1) is 0 Å². The molecule has 1 aromatic heterocycles. The fourth-order valence-corrected chi connectivity index (χ4v) is 2.34. The second kappa shape index (κ2) is 5.17. The number of benzene rings is 1. The maximum absolute atomic E-state index is 12.5. The number of hydrogen-bond acceptors (Lipinski definition) is 2. The number of aryl methyl sites for hydroxylation is 2. The lowest BCUT2D eigenvalue weighted by Crippen LogP contribution is -2.33. The van der Waals surface area contributed by atoms with E-state index in [9.17, 15) is 4.79 Å². The molecular weight excluding hydrogens is 236 g/mol. The van der Waals surface area contributed by atoms with Gasteiger partial charge in [-0.05, 0) is 51.1 Å². The van der Waals surface area contributed by atoms with Gasteiger partial charge in [-0.2, -0.15) is 0 Å². The molecule has 0 aliphatic rings. The molecule has 3 nitrogen and oxygen atoms in total. The third kappa shape index (κ3) is 3.04. The Hall–Kier alpha value is -1.61. The van der Waals surface area contributed by atoms with Gasteiger partial charge in [0.05, 0.1) is 5.52 Å². The van der Waals surface area contributed by atoms with Gasteiger partial charge >= 0.3 is 0 Å². The van der Waals surface area contributed by atoms with Crippen molar-refractivity contribution in [3.05, 3.63) is 46.2 Å². The Bertz CT molecular complexity index is 635. The van der Waals surface area contributed by atoms with E-state index in [4.69, 9.17) is 5.73 Å². The summed E-state index contributed by atoms with van der Waals surface area (Å²) in [4.78, 5) is 12.5. The van der Waals surface area contributed by atoms with Crippen LogP contribution in [0.2, 0.25) is 0 Å². The van der Waals surface area contributed by atoms with E-state index in [0.29, 0.717) is 6.54 Å². The van der Waals surface area contributed by atoms with Gasteiger partial charge in [0.25, 0.3) is 5.56 Å². The molecule has 0 spiro atoms. The SMILES string of the molecule is CCn1c(=O)c(CCC(C)(C)N)cc2ccccc21. The zero-order valence-corrected chi connectivity index (χ0v) is 11.9. The van der Waals surface area contributed by atoms with Crippen LogP contribution in [-0.4, -0.2) is 10.1 Å². The highest BCUT2D eigenvalue weighted by atomic mass is 16.1. The first-order chi connectivity index (χ1) is 8.92. The summed E-state index contributed by atoms with van der Waals surface area (Å²) in [6, 6.07) is 10.0. The summed E-state index contributed by atoms with van der Waals surface area (Å²) in [6.07, 6.45) is 1.54. The molecule has 0 saturated carbocycles. The number of rotatable bonds is 4. The molecule has 2 aromatic rings. The molecule has 3 heteroatoms. The lowest BCUT2D eigenvalue weighted by molar-refractivity contribution is 0.475. The van der Waals surface area contributed by atoms with Crippen molar-refractivity contribution < 1.29 is 0 Å². The summed E-state index contributed by atoms with van der Waals surface area (Å²) in [5.74, 6) is 0. The number of para-hydroxylation sites is 1. The lowest BCUT2D eigenvalue weighted by atomic mass is 9.96. The van der Waals surface area contributed by atoms with Crippen molar-refractivity contribution in [2.24, 2.45) is 5.73 Å². The van der Waals surface area contributed by atoms with Crippen molar-refractivity contribution in [2.75, 3.05) is 0 Å². The van der Waals surface area contributed by atoms with Crippen molar-refractivity contribution in [3.63, 3.8) is 0 Å². The fourth-order valence-electron chi connectivity index (χ4n) is 2.34. The van der Waals surface area contributed by atoms with E-state index in [0.717, 1.165) is 29.3 Å². The summed E-state index contributed by atoms with van der Waals surface area (Å²) in [5, 5.41) is 1.12. The first kappa shape index (κ1) is 13.8. The van der Waals surface area contributed by atoms with Gasteiger partial charge in [0.2, 0.25) is 0 Å². The van der Waals surface area contributed by atoms with Crippen LogP contribution in [0.3, 0.4) is 0 Å². The quantitative estimate of drug-likeness (QED) is 0.916. The second-order valence-corrected chi connectivity index (χ2v) is 5.77. The summed E-state index contributed by atoms with van der Waals surface area (Å²) in [5.41, 5.74) is 7.75. The van der Waals surface area contributed by atoms with Crippen molar-refractivity contribution in [2.45, 2.75) is 45.7 Å². The standard InChI is InChI=1S/C16H22N2O/c1-4-18-14-8-6-5-7-12(14)11-13(15(18)19)9-10-16(2,3)17/h5-8,11H,4,9-10,17H2,1-3H3. The maximum Gasteiger partial charge on any atom is 0.254 e. The number of fused-ring (bicyclic) bond motifs is 1. The smallest absolute Gasteiger partial charge is 0.254 e. The monoisotopic (exact) mass is 258 g/mol. The molecule has 0 amide bonds. The number of hydrogen-bond donors (Lipinski definition) is 1. The Kier molecular flexibility index (Phi) is 3.76. The second-order valence-electron chi connectivity index (χ2n) is 5.77. The summed E-state index contributed by atoms with van der Waals surface area (Å²) >= 11 is 0. The molecule has 0 fully saturated rings. The van der Waals surface area contributed by atoms with Gasteiger partial charge < -0.3 is 10.3 Å². The van der Waals surface area contributed by atoms with E-state index < -0.39 is 0 Å². The molecule has 2 rings (SSSR count). The fraction of sp³-hybridized carbons (Fsp3) is 0.438. The van der Waals surface area contributed by atoms with Gasteiger partial charge in [-0.25, -0.2) is 0 Å². The van der Waals surface area contributed by atoms with Crippen LogP contribution in [0.15, 0.2) is 35.1 Å². The predicted molar refractivity (Wildman–Crippen MR) is 80.5 cm³/mol. The highest BCUT2D eigenvalue weighted by molar-refractivity contribution is 5.79. The number of nitrogens with two attached hydrogens (primary N) is 1. The molecule has 0 aliphatic carbocycles. The van der Waals surface area contributed by atoms with Crippen LogP contribution in [0.1, 0.15) is 32.8 Å². The van der Waals surface area contributed by atoms with Crippen LogP contribution < -0.4 is 11.3 Å². The van der Waals surface area contributed by atoms with E-state index in [1.807, 2.05) is 49.6 Å². The van der Waals surface area contributed by atoms with Gasteiger partial charge in [-0.1, -0.05) is 18.2 Å². The molecule has 102 valence electrons. The molecule has 1 aromatic carbocycles. The highest BCUT2D eigenvalue weighted by Gasteiger charge is 2.13. The molecule has 0 bridgehead atoms. The van der Waals surface area contributed by atoms with Crippen LogP contribution >= 0.6 is 0 Å². The van der Waals surface area contributed by atoms with Gasteiger partial charge in [0, 0.05) is 17.6 Å².